The summed E-state index contributed by atoms with van der Waals surface area (Å²) in [5, 5.41) is 5.79. The Morgan fingerprint density at radius 2 is 1.37 bits per heavy atom. The molecular weight excluding hydrogens is 360 g/mol. The topological polar surface area (TPSA) is 0 Å². The third-order valence-electron chi connectivity index (χ3n) is 7.01. The zero-order chi connectivity index (χ0) is 19.9. The molecule has 0 N–H and O–H groups in total. The van der Waals surface area contributed by atoms with Crippen LogP contribution in [0.1, 0.15) is 36.8 Å². The molecular formula is C30H26. The average molecular weight is 387 g/mol. The van der Waals surface area contributed by atoms with Crippen molar-refractivity contribution in [3.05, 3.63) is 117 Å². The third kappa shape index (κ3) is 2.91. The highest BCUT2D eigenvalue weighted by atomic mass is 14.3. The molecule has 0 amide bonds. The van der Waals surface area contributed by atoms with Gasteiger partial charge in [0.05, 0.1) is 0 Å². The first kappa shape index (κ1) is 17.7. The number of aryl methyl sites for hydroxylation is 2. The Hall–Kier alpha value is -3.12. The van der Waals surface area contributed by atoms with Crippen molar-refractivity contribution in [2.45, 2.75) is 38.5 Å². The van der Waals surface area contributed by atoms with Gasteiger partial charge in [-0.15, -0.1) is 0 Å². The maximum Gasteiger partial charge on any atom is -0.00792 e. The van der Waals surface area contributed by atoms with E-state index in [1.165, 1.54) is 63.6 Å². The van der Waals surface area contributed by atoms with Gasteiger partial charge in [0.2, 0.25) is 0 Å². The lowest BCUT2D eigenvalue weighted by atomic mass is 9.78. The lowest BCUT2D eigenvalue weighted by Gasteiger charge is -2.26. The molecule has 0 heterocycles. The number of hydrogen-bond donors (Lipinski definition) is 0. The van der Waals surface area contributed by atoms with Crippen molar-refractivity contribution in [1.29, 1.82) is 0 Å². The van der Waals surface area contributed by atoms with Gasteiger partial charge in [-0.3, -0.25) is 0 Å². The van der Waals surface area contributed by atoms with Crippen LogP contribution in [0.4, 0.5) is 0 Å². The van der Waals surface area contributed by atoms with Crippen LogP contribution >= 0.6 is 0 Å². The van der Waals surface area contributed by atoms with Gasteiger partial charge in [0.25, 0.3) is 0 Å². The Bertz CT molecular complexity index is 1340. The lowest BCUT2D eigenvalue weighted by molar-refractivity contribution is 0.931. The standard InChI is InChI=1S/C18H16.C12H10/c1-3-7-15-13(5-1)9-11-18-16-8-4-2-6-14(16)10-12-17(15)18;1-3-9-4-2-6-11-8-7-10(5-1)12(9)11/h1-3,5-7,9-10H,4,8,11-12H2;1-6H,7-8H2. The van der Waals surface area contributed by atoms with Crippen LogP contribution in [0.5, 0.6) is 0 Å². The van der Waals surface area contributed by atoms with Crippen LogP contribution in [0.2, 0.25) is 0 Å². The predicted molar refractivity (Wildman–Crippen MR) is 128 cm³/mol. The fourth-order valence-corrected chi connectivity index (χ4v) is 5.59. The van der Waals surface area contributed by atoms with Crippen molar-refractivity contribution in [3.63, 3.8) is 0 Å². The van der Waals surface area contributed by atoms with Crippen LogP contribution in [0, 0.1) is 0 Å². The maximum atomic E-state index is 2.41. The molecule has 0 nitrogen and oxygen atoms in total. The number of benzene rings is 3. The fraction of sp³-hybridized carbons (Fsp3) is 0.200. The molecule has 0 atom stereocenters. The van der Waals surface area contributed by atoms with Gasteiger partial charge in [0.15, 0.2) is 0 Å². The summed E-state index contributed by atoms with van der Waals surface area (Å²) in [4.78, 5) is 0. The van der Waals surface area contributed by atoms with Gasteiger partial charge in [-0.1, -0.05) is 85.0 Å². The molecule has 0 heteroatoms. The Labute approximate surface area is 178 Å². The maximum absolute atomic E-state index is 2.41. The van der Waals surface area contributed by atoms with Gasteiger partial charge in [0.1, 0.15) is 0 Å². The minimum absolute atomic E-state index is 1.10. The molecule has 7 rings (SSSR count). The summed E-state index contributed by atoms with van der Waals surface area (Å²) in [6, 6.07) is 22.0. The van der Waals surface area contributed by atoms with E-state index in [-0.39, 0.29) is 0 Å². The van der Waals surface area contributed by atoms with Gasteiger partial charge < -0.3 is 0 Å². The molecule has 4 aliphatic rings. The van der Waals surface area contributed by atoms with Crippen LogP contribution in [0.15, 0.2) is 95.6 Å². The lowest BCUT2D eigenvalue weighted by Crippen LogP contribution is -2.31. The van der Waals surface area contributed by atoms with Crippen LogP contribution in [0.25, 0.3) is 22.4 Å². The van der Waals surface area contributed by atoms with Crippen LogP contribution < -0.4 is 10.4 Å². The first-order chi connectivity index (χ1) is 14.9. The van der Waals surface area contributed by atoms with Gasteiger partial charge in [0, 0.05) is 0 Å². The van der Waals surface area contributed by atoms with E-state index in [1.807, 2.05) is 0 Å². The van der Waals surface area contributed by atoms with Crippen molar-refractivity contribution in [3.8, 4) is 0 Å². The molecule has 0 aliphatic heterocycles. The van der Waals surface area contributed by atoms with Gasteiger partial charge in [-0.2, -0.15) is 0 Å². The van der Waals surface area contributed by atoms with E-state index in [0.29, 0.717) is 0 Å². The van der Waals surface area contributed by atoms with E-state index in [4.69, 9.17) is 0 Å². The molecule has 146 valence electrons. The minimum atomic E-state index is 1.10. The summed E-state index contributed by atoms with van der Waals surface area (Å²) in [6.07, 6.45) is 16.5. The summed E-state index contributed by atoms with van der Waals surface area (Å²) in [7, 11) is 0. The second-order valence-electron chi connectivity index (χ2n) is 8.67. The Kier molecular flexibility index (Phi) is 4.30. The van der Waals surface area contributed by atoms with Crippen molar-refractivity contribution in [2.75, 3.05) is 0 Å². The summed E-state index contributed by atoms with van der Waals surface area (Å²) < 4.78 is 0. The molecule has 0 saturated carbocycles. The molecule has 3 aromatic rings. The molecule has 0 unspecified atom stereocenters. The van der Waals surface area contributed by atoms with Crippen LogP contribution in [0.3, 0.4) is 0 Å². The smallest absolute Gasteiger partial charge is 0.00792 e. The molecule has 0 bridgehead atoms. The van der Waals surface area contributed by atoms with E-state index in [0.717, 1.165) is 12.8 Å². The minimum Gasteiger partial charge on any atom is -0.0836 e. The number of allylic oxidation sites excluding steroid dienone is 6. The van der Waals surface area contributed by atoms with E-state index in [9.17, 15) is 0 Å². The monoisotopic (exact) mass is 386 g/mol. The molecule has 30 heavy (non-hydrogen) atoms. The highest BCUT2D eigenvalue weighted by Crippen LogP contribution is 2.38. The van der Waals surface area contributed by atoms with Crippen molar-refractivity contribution in [1.82, 2.24) is 0 Å². The highest BCUT2D eigenvalue weighted by Gasteiger charge is 2.21. The van der Waals surface area contributed by atoms with Crippen molar-refractivity contribution in [2.24, 2.45) is 0 Å². The molecule has 0 spiro atoms. The number of rotatable bonds is 0. The van der Waals surface area contributed by atoms with Crippen molar-refractivity contribution >= 4 is 22.4 Å². The van der Waals surface area contributed by atoms with E-state index in [1.54, 1.807) is 16.7 Å². The zero-order valence-corrected chi connectivity index (χ0v) is 17.3. The highest BCUT2D eigenvalue weighted by molar-refractivity contribution is 5.90. The average Bonchev–Trinajstić information content (AvgIpc) is 3.24. The molecule has 4 aliphatic carbocycles. The van der Waals surface area contributed by atoms with E-state index < -0.39 is 0 Å². The Balaban J connectivity index is 0.000000126. The first-order valence-corrected chi connectivity index (χ1v) is 11.3. The van der Waals surface area contributed by atoms with E-state index >= 15 is 0 Å². The summed E-state index contributed by atoms with van der Waals surface area (Å²) in [5.74, 6) is 0. The van der Waals surface area contributed by atoms with Gasteiger partial charge >= 0.3 is 0 Å². The van der Waals surface area contributed by atoms with Gasteiger partial charge in [-0.05, 0) is 93.2 Å². The molecule has 0 saturated heterocycles. The second-order valence-corrected chi connectivity index (χ2v) is 8.67. The second kappa shape index (κ2) is 7.29. The Morgan fingerprint density at radius 1 is 0.600 bits per heavy atom. The molecule has 0 fully saturated rings. The summed E-state index contributed by atoms with van der Waals surface area (Å²) in [5.41, 5.74) is 9.32. The first-order valence-electron chi connectivity index (χ1n) is 11.3. The normalized spacial score (nSPS) is 18.0. The zero-order valence-electron chi connectivity index (χ0n) is 17.3. The number of fused-ring (bicyclic) bond motifs is 3. The van der Waals surface area contributed by atoms with E-state index in [2.05, 4.69) is 85.0 Å². The van der Waals surface area contributed by atoms with Crippen LogP contribution in [-0.4, -0.2) is 0 Å². The fourth-order valence-electron chi connectivity index (χ4n) is 5.59. The summed E-state index contributed by atoms with van der Waals surface area (Å²) in [6.45, 7) is 0. The van der Waals surface area contributed by atoms with Crippen LogP contribution in [-0.2, 0) is 12.8 Å². The summed E-state index contributed by atoms with van der Waals surface area (Å²) >= 11 is 0. The Morgan fingerprint density at radius 3 is 2.20 bits per heavy atom. The SMILES string of the molecule is C1=CC2=CCC3=c4ccccc4=CCC3=C2CC1.c1cc2c3c(cccc3c1)CC2. The third-order valence-corrected chi connectivity index (χ3v) is 7.01. The quantitative estimate of drug-likeness (QED) is 0.449. The number of hydrogen-bond acceptors (Lipinski definition) is 0. The largest absolute Gasteiger partial charge is 0.0836 e. The van der Waals surface area contributed by atoms with Gasteiger partial charge in [-0.25, -0.2) is 0 Å². The van der Waals surface area contributed by atoms with Crippen molar-refractivity contribution < 1.29 is 0 Å². The molecule has 0 radical (unpaired) electrons. The molecule has 3 aromatic carbocycles. The predicted octanol–water partition coefficient (Wildman–Crippen LogP) is 5.94. The molecule has 0 aromatic heterocycles.